The van der Waals surface area contributed by atoms with Crippen LogP contribution in [-0.2, 0) is 20.0 Å². The molecule has 0 amide bonds. The number of unbranched alkanes of at least 4 members (excludes halogenated alkanes) is 1. The molecule has 5 aromatic rings. The number of nitrogens with zero attached hydrogens (tertiary/aromatic N) is 9. The van der Waals surface area contributed by atoms with Crippen LogP contribution in [0.1, 0.15) is 31.0 Å². The first kappa shape index (κ1) is 21.4. The molecule has 34 heavy (non-hydrogen) atoms. The predicted molar refractivity (Wildman–Crippen MR) is 125 cm³/mol. The fourth-order valence-corrected chi connectivity index (χ4v) is 4.00. The van der Waals surface area contributed by atoms with Crippen molar-refractivity contribution >= 4 is 0 Å². The van der Waals surface area contributed by atoms with Crippen LogP contribution in [0, 0.1) is 0 Å². The second kappa shape index (κ2) is 9.22. The summed E-state index contributed by atoms with van der Waals surface area (Å²) in [6.07, 6.45) is 9.72. The molecular weight excluding hydrogens is 432 g/mol. The number of hydrogen-bond acceptors (Lipinski definition) is 7. The number of rotatable bonds is 8. The maximum absolute atomic E-state index is 13.4. The first-order valence-electron chi connectivity index (χ1n) is 11.1. The summed E-state index contributed by atoms with van der Waals surface area (Å²) in [6, 6.07) is 9.93. The van der Waals surface area contributed by atoms with Crippen molar-refractivity contribution < 1.29 is 0 Å². The first-order chi connectivity index (χ1) is 16.7. The van der Waals surface area contributed by atoms with E-state index in [9.17, 15) is 4.79 Å². The van der Waals surface area contributed by atoms with Crippen LogP contribution in [0.15, 0.2) is 60.0 Å². The molecule has 0 spiro atoms. The molecule has 1 aromatic carbocycles. The van der Waals surface area contributed by atoms with E-state index in [4.69, 9.17) is 0 Å². The van der Waals surface area contributed by atoms with Crippen molar-refractivity contribution in [2.45, 2.75) is 32.7 Å². The van der Waals surface area contributed by atoms with Crippen LogP contribution in [0.25, 0.3) is 28.5 Å². The lowest BCUT2D eigenvalue weighted by atomic mass is 10.00. The van der Waals surface area contributed by atoms with E-state index in [0.29, 0.717) is 18.3 Å². The molecule has 0 bridgehead atoms. The minimum atomic E-state index is -0.148. The van der Waals surface area contributed by atoms with Gasteiger partial charge >= 0.3 is 5.69 Å². The zero-order chi connectivity index (χ0) is 23.5. The Kier molecular flexibility index (Phi) is 5.81. The Morgan fingerprint density at radius 3 is 2.62 bits per heavy atom. The molecule has 0 radical (unpaired) electrons. The number of aromatic amines is 1. The van der Waals surface area contributed by atoms with Crippen LogP contribution in [0.3, 0.4) is 0 Å². The maximum atomic E-state index is 13.4. The Balaban J connectivity index is 1.52. The van der Waals surface area contributed by atoms with Crippen molar-refractivity contribution in [1.29, 1.82) is 0 Å². The average Bonchev–Trinajstić information content (AvgIpc) is 3.61. The Hall–Kier alpha value is -4.41. The molecule has 0 aliphatic rings. The van der Waals surface area contributed by atoms with E-state index < -0.39 is 0 Å². The molecule has 0 aliphatic carbocycles. The quantitative estimate of drug-likeness (QED) is 0.380. The van der Waals surface area contributed by atoms with Crippen molar-refractivity contribution in [2.24, 2.45) is 7.05 Å². The van der Waals surface area contributed by atoms with Crippen LogP contribution in [0.5, 0.6) is 0 Å². The molecule has 1 N–H and O–H groups in total. The summed E-state index contributed by atoms with van der Waals surface area (Å²) < 4.78 is 4.96. The maximum Gasteiger partial charge on any atom is 0.335 e. The number of imidazole rings is 1. The number of aromatic nitrogens is 10. The van der Waals surface area contributed by atoms with E-state index >= 15 is 0 Å². The summed E-state index contributed by atoms with van der Waals surface area (Å²) in [5, 5.41) is 18.1. The van der Waals surface area contributed by atoms with Gasteiger partial charge in [0.1, 0.15) is 6.33 Å². The summed E-state index contributed by atoms with van der Waals surface area (Å²) in [6.45, 7) is 2.54. The van der Waals surface area contributed by atoms with Crippen molar-refractivity contribution in [3.63, 3.8) is 0 Å². The summed E-state index contributed by atoms with van der Waals surface area (Å²) in [5.41, 5.74) is 4.68. The molecule has 0 saturated heterocycles. The third-order valence-corrected chi connectivity index (χ3v) is 5.80. The largest absolute Gasteiger partial charge is 0.335 e. The van der Waals surface area contributed by atoms with Gasteiger partial charge in [0, 0.05) is 36.9 Å². The van der Waals surface area contributed by atoms with E-state index in [1.165, 1.54) is 6.33 Å². The summed E-state index contributed by atoms with van der Waals surface area (Å²) in [5.74, 6) is 1.10. The van der Waals surface area contributed by atoms with Crippen molar-refractivity contribution in [3.8, 4) is 28.5 Å². The number of tetrazole rings is 1. The molecule has 0 unspecified atom stereocenters. The molecule has 0 fully saturated rings. The van der Waals surface area contributed by atoms with Gasteiger partial charge in [-0.1, -0.05) is 37.6 Å². The summed E-state index contributed by atoms with van der Waals surface area (Å²) >= 11 is 0. The van der Waals surface area contributed by atoms with Crippen LogP contribution in [-0.4, -0.2) is 49.5 Å². The first-order valence-corrected chi connectivity index (χ1v) is 11.1. The molecule has 4 heterocycles. The number of benzene rings is 1. The number of aryl methyl sites for hydroxylation is 2. The Morgan fingerprint density at radius 2 is 1.91 bits per heavy atom. The average molecular weight is 457 g/mol. The molecule has 0 aliphatic heterocycles. The van der Waals surface area contributed by atoms with E-state index in [1.54, 1.807) is 27.1 Å². The van der Waals surface area contributed by atoms with Crippen LogP contribution in [0.4, 0.5) is 0 Å². The van der Waals surface area contributed by atoms with E-state index in [1.807, 2.05) is 42.7 Å². The van der Waals surface area contributed by atoms with Crippen LogP contribution in [0.2, 0.25) is 0 Å². The highest BCUT2D eigenvalue weighted by atomic mass is 16.2. The molecule has 0 atom stereocenters. The number of nitrogens with one attached hydrogen (secondary N) is 1. The van der Waals surface area contributed by atoms with Crippen molar-refractivity contribution in [1.82, 2.24) is 49.5 Å². The van der Waals surface area contributed by atoms with Gasteiger partial charge in [-0.3, -0.25) is 9.55 Å². The molecule has 4 aromatic heterocycles. The van der Waals surface area contributed by atoms with Gasteiger partial charge in [0.05, 0.1) is 6.54 Å². The number of H-pyrrole nitrogens is 1. The van der Waals surface area contributed by atoms with Gasteiger partial charge in [0.25, 0.3) is 0 Å². The Bertz CT molecular complexity index is 1440. The highest BCUT2D eigenvalue weighted by Gasteiger charge is 2.17. The zero-order valence-corrected chi connectivity index (χ0v) is 19.0. The molecule has 172 valence electrons. The SMILES string of the molecule is CCCCc1cn(-c2ncnn2C)c(=O)n1Cc1cnccc1-c1ccc(-c2nnn[nH]2)cc1. The van der Waals surface area contributed by atoms with E-state index in [0.717, 1.165) is 47.2 Å². The van der Waals surface area contributed by atoms with Gasteiger partial charge in [-0.15, -0.1) is 5.10 Å². The fraction of sp³-hybridized carbons (Fsp3) is 0.261. The lowest BCUT2D eigenvalue weighted by Gasteiger charge is -2.12. The van der Waals surface area contributed by atoms with E-state index in [2.05, 4.69) is 42.6 Å². The topological polar surface area (TPSA) is 125 Å². The van der Waals surface area contributed by atoms with Crippen LogP contribution >= 0.6 is 0 Å². The van der Waals surface area contributed by atoms with Crippen molar-refractivity contribution in [3.05, 3.63) is 77.0 Å². The third-order valence-electron chi connectivity index (χ3n) is 5.80. The lowest BCUT2D eigenvalue weighted by Crippen LogP contribution is -2.26. The van der Waals surface area contributed by atoms with Gasteiger partial charge < -0.3 is 0 Å². The Labute approximate surface area is 195 Å². The monoisotopic (exact) mass is 456 g/mol. The normalized spacial score (nSPS) is 11.2. The molecule has 11 nitrogen and oxygen atoms in total. The van der Waals surface area contributed by atoms with E-state index in [-0.39, 0.29) is 5.69 Å². The second-order valence-corrected chi connectivity index (χ2v) is 8.01. The highest BCUT2D eigenvalue weighted by Crippen LogP contribution is 2.26. The van der Waals surface area contributed by atoms with Gasteiger partial charge in [0.15, 0.2) is 5.82 Å². The van der Waals surface area contributed by atoms with Gasteiger partial charge in [0.2, 0.25) is 5.95 Å². The van der Waals surface area contributed by atoms with Gasteiger partial charge in [-0.25, -0.2) is 19.1 Å². The fourth-order valence-electron chi connectivity index (χ4n) is 4.00. The predicted octanol–water partition coefficient (Wildman–Crippen LogP) is 2.40. The number of hydrogen-bond donors (Lipinski definition) is 1. The smallest absolute Gasteiger partial charge is 0.291 e. The minimum absolute atomic E-state index is 0.148. The minimum Gasteiger partial charge on any atom is -0.291 e. The highest BCUT2D eigenvalue weighted by molar-refractivity contribution is 5.69. The lowest BCUT2D eigenvalue weighted by molar-refractivity contribution is 0.661. The second-order valence-electron chi connectivity index (χ2n) is 8.01. The third kappa shape index (κ3) is 4.03. The summed E-state index contributed by atoms with van der Waals surface area (Å²) in [7, 11) is 1.77. The number of pyridine rings is 1. The Morgan fingerprint density at radius 1 is 1.09 bits per heavy atom. The van der Waals surface area contributed by atoms with Crippen LogP contribution < -0.4 is 5.69 Å². The molecular formula is C23H24N10O. The standard InChI is InChI=1S/C23H24N10O/c1-3-4-5-19-14-33(22-25-15-26-31(22)2)23(34)32(19)13-18-12-24-11-10-20(18)16-6-8-17(9-7-16)21-27-29-30-28-21/h6-12,14-15H,3-5,13H2,1-2H3,(H,27,28,29,30). The molecule has 5 rings (SSSR count). The van der Waals surface area contributed by atoms with Gasteiger partial charge in [-0.2, -0.15) is 10.1 Å². The van der Waals surface area contributed by atoms with Crippen molar-refractivity contribution in [2.75, 3.05) is 0 Å². The molecule has 11 heteroatoms. The summed E-state index contributed by atoms with van der Waals surface area (Å²) in [4.78, 5) is 22.0. The zero-order valence-electron chi connectivity index (χ0n) is 19.0. The molecule has 0 saturated carbocycles. The van der Waals surface area contributed by atoms with Gasteiger partial charge in [-0.05, 0) is 46.0 Å².